The zero-order valence-corrected chi connectivity index (χ0v) is 12.0. The summed E-state index contributed by atoms with van der Waals surface area (Å²) in [6.07, 6.45) is 0. The molecule has 2 nitrogen and oxygen atoms in total. The number of methoxy groups -OCH3 is 1. The summed E-state index contributed by atoms with van der Waals surface area (Å²) >= 11 is 5.88. The van der Waals surface area contributed by atoms with Gasteiger partial charge >= 0.3 is 0 Å². The average molecular weight is 256 g/mol. The second-order valence-electron chi connectivity index (χ2n) is 4.97. The van der Waals surface area contributed by atoms with E-state index in [9.17, 15) is 0 Å². The average Bonchev–Trinajstić information content (AvgIpc) is 2.29. The van der Waals surface area contributed by atoms with Gasteiger partial charge in [-0.05, 0) is 45.4 Å². The second kappa shape index (κ2) is 5.85. The zero-order chi connectivity index (χ0) is 13.1. The molecule has 2 atom stereocenters. The standard InChI is InChI=1S/C14H22ClNO/c1-10(12-6-8-13(15)9-7-12)16-11(2)14(3,4)17-5/h6-11,16H,1-5H3/t10-,11?/m0/s1. The fourth-order valence-electron chi connectivity index (χ4n) is 1.60. The number of hydrogen-bond acceptors (Lipinski definition) is 2. The molecule has 0 bridgehead atoms. The first-order valence-corrected chi connectivity index (χ1v) is 6.31. The van der Waals surface area contributed by atoms with Gasteiger partial charge in [-0.1, -0.05) is 23.7 Å². The van der Waals surface area contributed by atoms with Gasteiger partial charge in [-0.25, -0.2) is 0 Å². The van der Waals surface area contributed by atoms with Crippen molar-refractivity contribution in [3.05, 3.63) is 34.9 Å². The Morgan fingerprint density at radius 3 is 2.18 bits per heavy atom. The summed E-state index contributed by atoms with van der Waals surface area (Å²) < 4.78 is 5.47. The van der Waals surface area contributed by atoms with Crippen LogP contribution in [-0.2, 0) is 4.74 Å². The van der Waals surface area contributed by atoms with E-state index in [2.05, 4.69) is 33.0 Å². The normalized spacial score (nSPS) is 15.6. The summed E-state index contributed by atoms with van der Waals surface area (Å²) in [5.74, 6) is 0. The van der Waals surface area contributed by atoms with Crippen LogP contribution in [0.4, 0.5) is 0 Å². The van der Waals surface area contributed by atoms with E-state index in [0.29, 0.717) is 0 Å². The van der Waals surface area contributed by atoms with E-state index in [4.69, 9.17) is 16.3 Å². The van der Waals surface area contributed by atoms with E-state index in [-0.39, 0.29) is 17.7 Å². The molecular formula is C14H22ClNO. The molecule has 0 spiro atoms. The Kier molecular flexibility index (Phi) is 4.99. The van der Waals surface area contributed by atoms with Crippen LogP contribution < -0.4 is 5.32 Å². The third kappa shape index (κ3) is 3.98. The number of halogens is 1. The van der Waals surface area contributed by atoms with Gasteiger partial charge < -0.3 is 10.1 Å². The maximum atomic E-state index is 5.88. The van der Waals surface area contributed by atoms with Crippen molar-refractivity contribution in [2.24, 2.45) is 0 Å². The fraction of sp³-hybridized carbons (Fsp3) is 0.571. The van der Waals surface area contributed by atoms with Crippen molar-refractivity contribution in [1.82, 2.24) is 5.32 Å². The van der Waals surface area contributed by atoms with Crippen LogP contribution in [0.1, 0.15) is 39.3 Å². The lowest BCUT2D eigenvalue weighted by molar-refractivity contribution is -0.00764. The summed E-state index contributed by atoms with van der Waals surface area (Å²) in [6.45, 7) is 8.44. The summed E-state index contributed by atoms with van der Waals surface area (Å²) in [5.41, 5.74) is 1.05. The van der Waals surface area contributed by atoms with Crippen molar-refractivity contribution in [3.63, 3.8) is 0 Å². The lowest BCUT2D eigenvalue weighted by Gasteiger charge is -2.33. The van der Waals surface area contributed by atoms with Crippen LogP contribution in [-0.4, -0.2) is 18.8 Å². The lowest BCUT2D eigenvalue weighted by Crippen LogP contribution is -2.46. The fourth-order valence-corrected chi connectivity index (χ4v) is 1.73. The van der Waals surface area contributed by atoms with Gasteiger partial charge in [0.25, 0.3) is 0 Å². The minimum atomic E-state index is -0.180. The van der Waals surface area contributed by atoms with Crippen LogP contribution in [0.5, 0.6) is 0 Å². The molecule has 0 aliphatic carbocycles. The molecule has 0 fully saturated rings. The minimum absolute atomic E-state index is 0.180. The predicted molar refractivity (Wildman–Crippen MR) is 73.6 cm³/mol. The highest BCUT2D eigenvalue weighted by Crippen LogP contribution is 2.20. The monoisotopic (exact) mass is 255 g/mol. The summed E-state index contributed by atoms with van der Waals surface area (Å²) in [7, 11) is 1.74. The molecule has 17 heavy (non-hydrogen) atoms. The Bertz CT molecular complexity index is 348. The maximum absolute atomic E-state index is 5.88. The van der Waals surface area contributed by atoms with Crippen molar-refractivity contribution in [2.75, 3.05) is 7.11 Å². The van der Waals surface area contributed by atoms with Gasteiger partial charge in [0.2, 0.25) is 0 Å². The van der Waals surface area contributed by atoms with Crippen LogP contribution >= 0.6 is 11.6 Å². The van der Waals surface area contributed by atoms with Gasteiger partial charge in [-0.2, -0.15) is 0 Å². The van der Waals surface area contributed by atoms with Gasteiger partial charge in [-0.3, -0.25) is 0 Å². The van der Waals surface area contributed by atoms with E-state index in [1.54, 1.807) is 7.11 Å². The summed E-state index contributed by atoms with van der Waals surface area (Å²) in [6, 6.07) is 8.47. The highest BCUT2D eigenvalue weighted by atomic mass is 35.5. The SMILES string of the molecule is COC(C)(C)C(C)N[C@@H](C)c1ccc(Cl)cc1. The maximum Gasteiger partial charge on any atom is 0.0772 e. The molecule has 0 aromatic heterocycles. The molecule has 0 aliphatic heterocycles. The smallest absolute Gasteiger partial charge is 0.0772 e. The molecule has 0 aliphatic rings. The van der Waals surface area contributed by atoms with Crippen molar-refractivity contribution in [3.8, 4) is 0 Å². The van der Waals surface area contributed by atoms with Crippen LogP contribution in [0.2, 0.25) is 5.02 Å². The Balaban J connectivity index is 2.66. The predicted octanol–water partition coefficient (Wildman–Crippen LogP) is 3.80. The molecule has 1 rings (SSSR count). The van der Waals surface area contributed by atoms with Gasteiger partial charge in [0.1, 0.15) is 0 Å². The van der Waals surface area contributed by atoms with Crippen molar-refractivity contribution in [2.45, 2.75) is 45.4 Å². The number of benzene rings is 1. The molecule has 3 heteroatoms. The minimum Gasteiger partial charge on any atom is -0.377 e. The van der Waals surface area contributed by atoms with Gasteiger partial charge in [-0.15, -0.1) is 0 Å². The summed E-state index contributed by atoms with van der Waals surface area (Å²) in [4.78, 5) is 0. The quantitative estimate of drug-likeness (QED) is 0.864. The molecule has 0 saturated carbocycles. The molecule has 1 aromatic rings. The van der Waals surface area contributed by atoms with E-state index in [0.717, 1.165) is 5.02 Å². The zero-order valence-electron chi connectivity index (χ0n) is 11.3. The second-order valence-corrected chi connectivity index (χ2v) is 5.41. The number of rotatable bonds is 5. The first-order valence-electron chi connectivity index (χ1n) is 5.93. The Labute approximate surface area is 109 Å². The van der Waals surface area contributed by atoms with E-state index in [1.165, 1.54) is 5.56 Å². The molecule has 1 aromatic carbocycles. The number of ether oxygens (including phenoxy) is 1. The third-order valence-corrected chi connectivity index (χ3v) is 3.69. The number of hydrogen-bond donors (Lipinski definition) is 1. The van der Waals surface area contributed by atoms with Gasteiger partial charge in [0.05, 0.1) is 5.60 Å². The Morgan fingerprint density at radius 2 is 1.71 bits per heavy atom. The van der Waals surface area contributed by atoms with E-state index in [1.807, 2.05) is 24.3 Å². The first-order chi connectivity index (χ1) is 7.86. The van der Waals surface area contributed by atoms with E-state index < -0.39 is 0 Å². The molecule has 1 N–H and O–H groups in total. The first kappa shape index (κ1) is 14.5. The van der Waals surface area contributed by atoms with Crippen LogP contribution in [0, 0.1) is 0 Å². The molecule has 0 saturated heterocycles. The Hall–Kier alpha value is -0.570. The molecule has 0 heterocycles. The lowest BCUT2D eigenvalue weighted by atomic mass is 9.98. The largest absolute Gasteiger partial charge is 0.377 e. The van der Waals surface area contributed by atoms with E-state index >= 15 is 0 Å². The molecule has 0 amide bonds. The van der Waals surface area contributed by atoms with Crippen LogP contribution in [0.3, 0.4) is 0 Å². The van der Waals surface area contributed by atoms with Crippen LogP contribution in [0.15, 0.2) is 24.3 Å². The topological polar surface area (TPSA) is 21.3 Å². The molecule has 96 valence electrons. The summed E-state index contributed by atoms with van der Waals surface area (Å²) in [5, 5.41) is 4.31. The highest BCUT2D eigenvalue weighted by molar-refractivity contribution is 6.30. The molecular weight excluding hydrogens is 234 g/mol. The number of nitrogens with one attached hydrogen (secondary N) is 1. The van der Waals surface area contributed by atoms with Crippen LogP contribution in [0.25, 0.3) is 0 Å². The molecule has 1 unspecified atom stereocenters. The van der Waals surface area contributed by atoms with Crippen molar-refractivity contribution < 1.29 is 4.74 Å². The highest BCUT2D eigenvalue weighted by Gasteiger charge is 2.26. The molecule has 0 radical (unpaired) electrons. The van der Waals surface area contributed by atoms with Crippen molar-refractivity contribution in [1.29, 1.82) is 0 Å². The Morgan fingerprint density at radius 1 is 1.18 bits per heavy atom. The third-order valence-electron chi connectivity index (χ3n) is 3.44. The van der Waals surface area contributed by atoms with Crippen molar-refractivity contribution >= 4 is 11.6 Å². The van der Waals surface area contributed by atoms with Gasteiger partial charge in [0, 0.05) is 24.2 Å². The van der Waals surface area contributed by atoms with Gasteiger partial charge in [0.15, 0.2) is 0 Å².